The number of anilines is 1. The number of hydrogen-bond donors (Lipinski definition) is 0. The minimum atomic E-state index is 0.0993. The van der Waals surface area contributed by atoms with Crippen molar-refractivity contribution >= 4 is 32.6 Å². The monoisotopic (exact) mass is 423 g/mol. The Morgan fingerprint density at radius 3 is 2.70 bits per heavy atom. The fourth-order valence-electron chi connectivity index (χ4n) is 3.97. The van der Waals surface area contributed by atoms with Crippen LogP contribution in [-0.2, 0) is 16.0 Å². The van der Waals surface area contributed by atoms with Crippen LogP contribution in [0.15, 0.2) is 36.4 Å². The Bertz CT molecular complexity index is 1040. The van der Waals surface area contributed by atoms with Crippen LogP contribution < -0.4 is 4.90 Å². The van der Waals surface area contributed by atoms with Gasteiger partial charge in [-0.15, -0.1) is 0 Å². The molecule has 0 saturated carbocycles. The summed E-state index contributed by atoms with van der Waals surface area (Å²) < 4.78 is 6.62. The lowest BCUT2D eigenvalue weighted by molar-refractivity contribution is -0.118. The average Bonchev–Trinajstić information content (AvgIpc) is 3.13. The Labute approximate surface area is 182 Å². The van der Waals surface area contributed by atoms with Gasteiger partial charge >= 0.3 is 0 Å². The average molecular weight is 424 g/mol. The van der Waals surface area contributed by atoms with Crippen LogP contribution in [0.5, 0.6) is 0 Å². The summed E-state index contributed by atoms with van der Waals surface area (Å²) in [5.74, 6) is 0.0993. The van der Waals surface area contributed by atoms with Crippen LogP contribution in [-0.4, -0.2) is 55.2 Å². The van der Waals surface area contributed by atoms with Crippen molar-refractivity contribution in [3.05, 3.63) is 58.7 Å². The Morgan fingerprint density at radius 1 is 1.13 bits per heavy atom. The van der Waals surface area contributed by atoms with Crippen molar-refractivity contribution in [2.24, 2.45) is 0 Å². The first kappa shape index (κ1) is 21.0. The number of nitrogens with zero attached hydrogens (tertiary/aromatic N) is 3. The van der Waals surface area contributed by atoms with Crippen molar-refractivity contribution in [1.82, 2.24) is 9.88 Å². The topological polar surface area (TPSA) is 45.7 Å². The van der Waals surface area contributed by atoms with E-state index in [9.17, 15) is 4.79 Å². The largest absolute Gasteiger partial charge is 0.379 e. The molecule has 0 radical (unpaired) electrons. The molecule has 2 aromatic carbocycles. The molecule has 0 bridgehead atoms. The zero-order valence-electron chi connectivity index (χ0n) is 18.0. The number of rotatable bonds is 6. The first-order valence-electron chi connectivity index (χ1n) is 10.5. The molecule has 0 atom stereocenters. The maximum atomic E-state index is 13.4. The van der Waals surface area contributed by atoms with Gasteiger partial charge in [0.25, 0.3) is 0 Å². The Hall–Kier alpha value is -2.28. The highest BCUT2D eigenvalue weighted by atomic mass is 32.1. The maximum Gasteiger partial charge on any atom is 0.233 e. The molecule has 0 spiro atoms. The third kappa shape index (κ3) is 4.89. The van der Waals surface area contributed by atoms with Gasteiger partial charge in [-0.3, -0.25) is 14.6 Å². The summed E-state index contributed by atoms with van der Waals surface area (Å²) >= 11 is 1.62. The number of benzene rings is 2. The van der Waals surface area contributed by atoms with E-state index >= 15 is 0 Å². The van der Waals surface area contributed by atoms with Gasteiger partial charge in [0.1, 0.15) is 0 Å². The predicted octanol–water partition coefficient (Wildman–Crippen LogP) is 4.13. The zero-order chi connectivity index (χ0) is 21.1. The quantitative estimate of drug-likeness (QED) is 0.598. The maximum absolute atomic E-state index is 13.4. The number of aromatic nitrogens is 1. The van der Waals surface area contributed by atoms with Crippen LogP contribution >= 0.6 is 11.3 Å². The first-order valence-corrected chi connectivity index (χ1v) is 11.3. The minimum Gasteiger partial charge on any atom is -0.379 e. The lowest BCUT2D eigenvalue weighted by atomic mass is 10.1. The fourth-order valence-corrected chi connectivity index (χ4v) is 5.02. The van der Waals surface area contributed by atoms with Crippen molar-refractivity contribution < 1.29 is 9.53 Å². The molecule has 5 nitrogen and oxygen atoms in total. The van der Waals surface area contributed by atoms with Gasteiger partial charge in [-0.05, 0) is 43.5 Å². The summed E-state index contributed by atoms with van der Waals surface area (Å²) in [4.78, 5) is 22.5. The van der Waals surface area contributed by atoms with Gasteiger partial charge in [0.15, 0.2) is 5.13 Å². The summed E-state index contributed by atoms with van der Waals surface area (Å²) in [7, 11) is 0. The molecule has 1 aliphatic heterocycles. The van der Waals surface area contributed by atoms with E-state index in [2.05, 4.69) is 49.9 Å². The molecule has 4 rings (SSSR count). The second-order valence-corrected chi connectivity index (χ2v) is 9.07. The Balaban J connectivity index is 1.60. The van der Waals surface area contributed by atoms with Gasteiger partial charge in [0.2, 0.25) is 5.91 Å². The highest BCUT2D eigenvalue weighted by Gasteiger charge is 2.22. The molecule has 6 heteroatoms. The van der Waals surface area contributed by atoms with Gasteiger partial charge in [-0.25, -0.2) is 4.98 Å². The van der Waals surface area contributed by atoms with Gasteiger partial charge < -0.3 is 4.74 Å². The molecule has 1 aromatic heterocycles. The first-order chi connectivity index (χ1) is 14.5. The smallest absolute Gasteiger partial charge is 0.233 e. The fraction of sp³-hybridized carbons (Fsp3) is 0.417. The standard InChI is InChI=1S/C24H29N3O2S/c1-17-5-4-6-20(14-17)16-22(28)27(8-7-26-9-11-29-12-10-26)24-25-21-15-18(2)13-19(3)23(21)30-24/h4-6,13-15H,7-12,16H2,1-3H3. The lowest BCUT2D eigenvalue weighted by Crippen LogP contribution is -2.43. The van der Waals surface area contributed by atoms with Crippen LogP contribution in [0.3, 0.4) is 0 Å². The molecule has 2 heterocycles. The van der Waals surface area contributed by atoms with Crippen LogP contribution in [0.1, 0.15) is 22.3 Å². The summed E-state index contributed by atoms with van der Waals surface area (Å²) in [5.41, 5.74) is 5.61. The number of fused-ring (bicyclic) bond motifs is 1. The van der Waals surface area contributed by atoms with E-state index in [4.69, 9.17) is 9.72 Å². The van der Waals surface area contributed by atoms with Crippen molar-refractivity contribution in [1.29, 1.82) is 0 Å². The van der Waals surface area contributed by atoms with Crippen molar-refractivity contribution in [2.75, 3.05) is 44.3 Å². The van der Waals surface area contributed by atoms with Gasteiger partial charge in [0, 0.05) is 26.2 Å². The van der Waals surface area contributed by atoms with E-state index in [-0.39, 0.29) is 5.91 Å². The van der Waals surface area contributed by atoms with E-state index < -0.39 is 0 Å². The zero-order valence-corrected chi connectivity index (χ0v) is 18.8. The van der Waals surface area contributed by atoms with Crippen LogP contribution in [0.2, 0.25) is 0 Å². The van der Waals surface area contributed by atoms with Gasteiger partial charge in [-0.1, -0.05) is 47.2 Å². The molecule has 1 fully saturated rings. The van der Waals surface area contributed by atoms with Gasteiger partial charge in [0.05, 0.1) is 29.9 Å². The van der Waals surface area contributed by atoms with Crippen LogP contribution in [0, 0.1) is 20.8 Å². The number of aryl methyl sites for hydroxylation is 3. The molecule has 0 N–H and O–H groups in total. The molecule has 1 amide bonds. The Kier molecular flexibility index (Phi) is 6.46. The lowest BCUT2D eigenvalue weighted by Gasteiger charge is -2.29. The highest BCUT2D eigenvalue weighted by Crippen LogP contribution is 2.32. The molecule has 30 heavy (non-hydrogen) atoms. The second-order valence-electron chi connectivity index (χ2n) is 8.09. The molecule has 1 saturated heterocycles. The molecule has 0 aliphatic carbocycles. The van der Waals surface area contributed by atoms with Crippen molar-refractivity contribution in [2.45, 2.75) is 27.2 Å². The van der Waals surface area contributed by atoms with Crippen molar-refractivity contribution in [3.8, 4) is 0 Å². The number of carbonyl (C=O) groups excluding carboxylic acids is 1. The molecule has 1 aliphatic rings. The third-order valence-corrected chi connectivity index (χ3v) is 6.75. The second kappa shape index (κ2) is 9.25. The van der Waals surface area contributed by atoms with E-state index in [0.29, 0.717) is 13.0 Å². The summed E-state index contributed by atoms with van der Waals surface area (Å²) in [6.07, 6.45) is 0.388. The Morgan fingerprint density at radius 2 is 1.93 bits per heavy atom. The number of hydrogen-bond acceptors (Lipinski definition) is 5. The summed E-state index contributed by atoms with van der Waals surface area (Å²) in [6.45, 7) is 11.1. The van der Waals surface area contributed by atoms with Crippen LogP contribution in [0.25, 0.3) is 10.2 Å². The number of ether oxygens (including phenoxy) is 1. The molecule has 0 unspecified atom stereocenters. The number of carbonyl (C=O) groups is 1. The number of amides is 1. The molecular formula is C24H29N3O2S. The van der Waals surface area contributed by atoms with Crippen molar-refractivity contribution in [3.63, 3.8) is 0 Å². The SMILES string of the molecule is Cc1cccc(CC(=O)N(CCN2CCOCC2)c2nc3cc(C)cc(C)c3s2)c1. The predicted molar refractivity (Wildman–Crippen MR) is 124 cm³/mol. The van der Waals surface area contributed by atoms with E-state index in [1.807, 2.05) is 17.0 Å². The van der Waals surface area contributed by atoms with Crippen LogP contribution in [0.4, 0.5) is 5.13 Å². The van der Waals surface area contributed by atoms with E-state index in [1.54, 1.807) is 11.3 Å². The van der Waals surface area contributed by atoms with E-state index in [1.165, 1.54) is 16.7 Å². The van der Waals surface area contributed by atoms with Gasteiger partial charge in [-0.2, -0.15) is 0 Å². The summed E-state index contributed by atoms with van der Waals surface area (Å²) in [5, 5.41) is 0.796. The summed E-state index contributed by atoms with van der Waals surface area (Å²) in [6, 6.07) is 12.5. The normalized spacial score (nSPS) is 14.9. The molecule has 3 aromatic rings. The molecular weight excluding hydrogens is 394 g/mol. The third-order valence-electron chi connectivity index (χ3n) is 5.52. The van der Waals surface area contributed by atoms with E-state index in [0.717, 1.165) is 53.8 Å². The number of thiazole rings is 1. The highest BCUT2D eigenvalue weighted by molar-refractivity contribution is 7.22. The number of morpholine rings is 1. The minimum absolute atomic E-state index is 0.0993. The molecule has 158 valence electrons.